The molecular formula is C31H32N6O4S. The summed E-state index contributed by atoms with van der Waals surface area (Å²) in [6, 6.07) is 17.9. The van der Waals surface area contributed by atoms with Crippen LogP contribution < -0.4 is 15.8 Å². The largest absolute Gasteiger partial charge is 0.366 e. The first-order valence-corrected chi connectivity index (χ1v) is 15.8. The fourth-order valence-corrected chi connectivity index (χ4v) is 7.85. The van der Waals surface area contributed by atoms with Gasteiger partial charge in [-0.3, -0.25) is 19.7 Å². The highest BCUT2D eigenvalue weighted by Gasteiger charge is 2.49. The minimum atomic E-state index is -0.437. The number of piperidine rings is 1. The number of carbonyl (C=O) groups excluding carboxylic acids is 1. The second-order valence-electron chi connectivity index (χ2n) is 11.6. The smallest absolute Gasteiger partial charge is 0.269 e. The van der Waals surface area contributed by atoms with Gasteiger partial charge in [0.25, 0.3) is 11.2 Å². The Morgan fingerprint density at radius 1 is 1.19 bits per heavy atom. The quantitative estimate of drug-likeness (QED) is 0.243. The number of carbonyl (C=O) groups is 1. The average molecular weight is 585 g/mol. The van der Waals surface area contributed by atoms with Gasteiger partial charge in [-0.05, 0) is 67.0 Å². The van der Waals surface area contributed by atoms with Crippen LogP contribution in [0.4, 0.5) is 11.4 Å². The van der Waals surface area contributed by atoms with Gasteiger partial charge in [0.05, 0.1) is 27.9 Å². The van der Waals surface area contributed by atoms with Gasteiger partial charge in [0.2, 0.25) is 5.91 Å². The van der Waals surface area contributed by atoms with Crippen LogP contribution in [0.15, 0.2) is 65.5 Å². The average Bonchev–Trinajstić information content (AvgIpc) is 3.43. The fourth-order valence-electron chi connectivity index (χ4n) is 7.38. The summed E-state index contributed by atoms with van der Waals surface area (Å²) in [5.41, 5.74) is 4.58. The van der Waals surface area contributed by atoms with E-state index in [0.717, 1.165) is 46.0 Å². The number of nitrogens with zero attached hydrogens (tertiary/aromatic N) is 4. The monoisotopic (exact) mass is 584 g/mol. The number of H-pyrrole nitrogens is 1. The Bertz CT molecular complexity index is 1720. The molecule has 7 rings (SSSR count). The summed E-state index contributed by atoms with van der Waals surface area (Å²) in [5, 5.41) is 15.0. The molecule has 1 saturated heterocycles. The van der Waals surface area contributed by atoms with E-state index in [2.05, 4.69) is 15.2 Å². The number of pyridine rings is 1. The van der Waals surface area contributed by atoms with Crippen LogP contribution in [0.5, 0.6) is 0 Å². The number of rotatable bonds is 7. The Hall–Kier alpha value is -4.12. The van der Waals surface area contributed by atoms with Crippen LogP contribution in [0, 0.1) is 22.0 Å². The number of imidazole rings is 1. The third-order valence-corrected chi connectivity index (χ3v) is 9.85. The third-order valence-electron chi connectivity index (χ3n) is 9.20. The molecule has 42 heavy (non-hydrogen) atoms. The number of benzene rings is 2. The molecule has 0 spiro atoms. The van der Waals surface area contributed by atoms with Crippen molar-refractivity contribution in [1.82, 2.24) is 19.9 Å². The minimum absolute atomic E-state index is 0.00880. The molecule has 5 heterocycles. The van der Waals surface area contributed by atoms with Gasteiger partial charge in [0, 0.05) is 54.6 Å². The molecular weight excluding hydrogens is 552 g/mol. The molecule has 3 aliphatic heterocycles. The molecule has 0 aliphatic carbocycles. The number of hydrogen-bond donors (Lipinski definition) is 2. The van der Waals surface area contributed by atoms with Crippen LogP contribution in [0.1, 0.15) is 41.9 Å². The first-order valence-electron chi connectivity index (χ1n) is 14.4. The highest BCUT2D eigenvalue weighted by Crippen LogP contribution is 2.48. The predicted octanol–water partition coefficient (Wildman–Crippen LogP) is 4.41. The van der Waals surface area contributed by atoms with Crippen molar-refractivity contribution < 1.29 is 9.72 Å². The topological polar surface area (TPSA) is 126 Å². The molecule has 4 aromatic rings. The molecule has 1 fully saturated rings. The summed E-state index contributed by atoms with van der Waals surface area (Å²) in [5.74, 6) is 1.28. The summed E-state index contributed by atoms with van der Waals surface area (Å²) in [4.78, 5) is 48.9. The van der Waals surface area contributed by atoms with Gasteiger partial charge < -0.3 is 19.8 Å². The van der Waals surface area contributed by atoms with Crippen molar-refractivity contribution in [3.63, 3.8) is 0 Å². The van der Waals surface area contributed by atoms with Crippen molar-refractivity contribution in [1.29, 1.82) is 0 Å². The highest BCUT2D eigenvalue weighted by atomic mass is 32.2. The van der Waals surface area contributed by atoms with E-state index in [1.807, 2.05) is 53.3 Å². The highest BCUT2D eigenvalue weighted by molar-refractivity contribution is 7.98. The number of fused-ring (bicyclic) bond motifs is 9. The Morgan fingerprint density at radius 2 is 2.05 bits per heavy atom. The summed E-state index contributed by atoms with van der Waals surface area (Å²) >= 11 is 1.72. The Labute approximate surface area is 246 Å². The first kappa shape index (κ1) is 26.8. The van der Waals surface area contributed by atoms with Crippen molar-refractivity contribution >= 4 is 40.1 Å². The van der Waals surface area contributed by atoms with Gasteiger partial charge in [0.15, 0.2) is 0 Å². The van der Waals surface area contributed by atoms with Crippen molar-refractivity contribution in [3.8, 4) is 0 Å². The van der Waals surface area contributed by atoms with E-state index in [1.54, 1.807) is 30.0 Å². The standard InChI is InChI=1S/C31H32N6O4S/c1-42-12-11-25(30-32-23-5-2-3-6-24(23)33-30)34-31(39)22-15-18-14-21(37(40)41)9-10-27(18)36-16-19-13-20(29(22)36)17-35-26(19)7-4-8-28(35)38/h2-10,14,19-20,22,25,29H,11-13,15-17H2,1H3,(H,32,33)(H,34,39)/t19?,20?,22-,25+,29+/m1/s1. The normalized spacial score (nSPS) is 23.0. The molecule has 10 nitrogen and oxygen atoms in total. The lowest BCUT2D eigenvalue weighted by Crippen LogP contribution is -2.61. The van der Waals surface area contributed by atoms with Gasteiger partial charge in [-0.1, -0.05) is 18.2 Å². The van der Waals surface area contributed by atoms with Crippen molar-refractivity contribution in [3.05, 3.63) is 98.2 Å². The van der Waals surface area contributed by atoms with E-state index in [9.17, 15) is 19.7 Å². The second kappa shape index (κ2) is 10.6. The van der Waals surface area contributed by atoms with E-state index >= 15 is 0 Å². The fraction of sp³-hybridized carbons (Fsp3) is 0.387. The Kier molecular flexibility index (Phi) is 6.76. The molecule has 2 N–H and O–H groups in total. The van der Waals surface area contributed by atoms with Gasteiger partial charge in [-0.25, -0.2) is 4.98 Å². The summed E-state index contributed by atoms with van der Waals surface area (Å²) in [6.45, 7) is 1.21. The molecule has 11 heteroatoms. The van der Waals surface area contributed by atoms with Crippen LogP contribution in [-0.4, -0.2) is 50.0 Å². The molecule has 216 valence electrons. The van der Waals surface area contributed by atoms with Crippen LogP contribution in [0.25, 0.3) is 11.0 Å². The zero-order valence-corrected chi connectivity index (χ0v) is 24.0. The number of nitro benzene ring substituents is 1. The van der Waals surface area contributed by atoms with E-state index in [4.69, 9.17) is 4.98 Å². The molecule has 5 atom stereocenters. The summed E-state index contributed by atoms with van der Waals surface area (Å²) in [7, 11) is 0. The van der Waals surface area contributed by atoms with E-state index in [0.29, 0.717) is 25.9 Å². The zero-order chi connectivity index (χ0) is 29.0. The molecule has 2 aromatic carbocycles. The number of nitro groups is 1. The SMILES string of the molecule is CSCC[C@H](NC(=O)[C@@H]1Cc2cc([N+](=O)[O-])ccc2N2CC3CC(Cn4c3cccc4=O)[C@@H]12)c1nc2ccccc2[nH]1. The second-order valence-corrected chi connectivity index (χ2v) is 12.6. The zero-order valence-electron chi connectivity index (χ0n) is 23.2. The number of aromatic nitrogens is 3. The third kappa shape index (κ3) is 4.56. The summed E-state index contributed by atoms with van der Waals surface area (Å²) in [6.07, 6.45) is 4.05. The Balaban J connectivity index is 1.26. The maximum atomic E-state index is 14.3. The molecule has 3 aliphatic rings. The molecule has 0 saturated carbocycles. The molecule has 2 unspecified atom stereocenters. The number of non-ortho nitro benzene ring substituents is 1. The number of para-hydroxylation sites is 2. The minimum Gasteiger partial charge on any atom is -0.366 e. The Morgan fingerprint density at radius 3 is 2.86 bits per heavy atom. The van der Waals surface area contributed by atoms with Crippen molar-refractivity contribution in [2.75, 3.05) is 23.5 Å². The maximum absolute atomic E-state index is 14.3. The van der Waals surface area contributed by atoms with Crippen LogP contribution in [-0.2, 0) is 17.8 Å². The van der Waals surface area contributed by atoms with Gasteiger partial charge in [0.1, 0.15) is 5.82 Å². The lowest BCUT2D eigenvalue weighted by Gasteiger charge is -2.54. The van der Waals surface area contributed by atoms with Crippen molar-refractivity contribution in [2.24, 2.45) is 11.8 Å². The molecule has 2 bridgehead atoms. The lowest BCUT2D eigenvalue weighted by molar-refractivity contribution is -0.384. The van der Waals surface area contributed by atoms with E-state index in [-0.39, 0.29) is 46.0 Å². The first-order chi connectivity index (χ1) is 20.4. The van der Waals surface area contributed by atoms with Crippen LogP contribution in [0.2, 0.25) is 0 Å². The van der Waals surface area contributed by atoms with Gasteiger partial charge in [-0.2, -0.15) is 11.8 Å². The number of thioether (sulfide) groups is 1. The molecule has 2 aromatic heterocycles. The predicted molar refractivity (Wildman–Crippen MR) is 163 cm³/mol. The number of amides is 1. The molecule has 0 radical (unpaired) electrons. The maximum Gasteiger partial charge on any atom is 0.269 e. The van der Waals surface area contributed by atoms with Crippen molar-refractivity contribution in [2.45, 2.75) is 43.8 Å². The molecule has 1 amide bonds. The van der Waals surface area contributed by atoms with Gasteiger partial charge in [-0.15, -0.1) is 0 Å². The number of anilines is 1. The number of hydrogen-bond acceptors (Lipinski definition) is 7. The number of aromatic amines is 1. The van der Waals surface area contributed by atoms with Gasteiger partial charge >= 0.3 is 0 Å². The van der Waals surface area contributed by atoms with E-state index < -0.39 is 5.92 Å². The summed E-state index contributed by atoms with van der Waals surface area (Å²) < 4.78 is 1.88. The lowest BCUT2D eigenvalue weighted by atomic mass is 9.70. The van der Waals surface area contributed by atoms with Crippen LogP contribution in [0.3, 0.4) is 0 Å². The van der Waals surface area contributed by atoms with Crippen LogP contribution >= 0.6 is 11.8 Å². The number of nitrogens with one attached hydrogen (secondary N) is 2. The van der Waals surface area contributed by atoms with E-state index in [1.165, 1.54) is 0 Å².